The van der Waals surface area contributed by atoms with Crippen LogP contribution in [0.15, 0.2) is 18.2 Å². The fourth-order valence-electron chi connectivity index (χ4n) is 1.59. The highest BCUT2D eigenvalue weighted by Crippen LogP contribution is 2.10. The van der Waals surface area contributed by atoms with Crippen LogP contribution >= 0.6 is 0 Å². The number of nitrogens with one attached hydrogen (secondary N) is 1. The van der Waals surface area contributed by atoms with Crippen molar-refractivity contribution in [3.05, 3.63) is 35.4 Å². The van der Waals surface area contributed by atoms with E-state index in [4.69, 9.17) is 0 Å². The van der Waals surface area contributed by atoms with Crippen LogP contribution in [-0.2, 0) is 6.54 Å². The normalized spacial score (nSPS) is 11.1. The number of nitrogens with zero attached hydrogens (tertiary/aromatic N) is 1. The summed E-state index contributed by atoms with van der Waals surface area (Å²) < 4.78 is 26.2. The quantitative estimate of drug-likeness (QED) is 0.739. The number of rotatable bonds is 7. The zero-order valence-electron chi connectivity index (χ0n) is 10.5. The predicted octanol–water partition coefficient (Wildman–Crippen LogP) is 2.40. The van der Waals surface area contributed by atoms with Gasteiger partial charge in [-0.2, -0.15) is 0 Å². The lowest BCUT2D eigenvalue weighted by Crippen LogP contribution is -2.18. The van der Waals surface area contributed by atoms with Crippen molar-refractivity contribution in [1.82, 2.24) is 10.2 Å². The number of halogens is 2. The van der Waals surface area contributed by atoms with Crippen molar-refractivity contribution in [3.8, 4) is 0 Å². The van der Waals surface area contributed by atoms with E-state index in [2.05, 4.69) is 10.2 Å². The number of benzene rings is 1. The maximum atomic E-state index is 13.3. The van der Waals surface area contributed by atoms with Crippen LogP contribution in [0.4, 0.5) is 8.78 Å². The smallest absolute Gasteiger partial charge is 0.163 e. The largest absolute Gasteiger partial charge is 0.313 e. The molecule has 0 saturated carbocycles. The summed E-state index contributed by atoms with van der Waals surface area (Å²) in [5.74, 6) is -1.52. The van der Waals surface area contributed by atoms with Crippen molar-refractivity contribution in [3.63, 3.8) is 0 Å². The second-order valence-corrected chi connectivity index (χ2v) is 4.40. The van der Waals surface area contributed by atoms with Crippen LogP contribution in [-0.4, -0.2) is 32.1 Å². The zero-order chi connectivity index (χ0) is 12.7. The Morgan fingerprint density at radius 2 is 1.94 bits per heavy atom. The molecular weight excluding hydrogens is 222 g/mol. The fraction of sp³-hybridized carbons (Fsp3) is 0.538. The van der Waals surface area contributed by atoms with Crippen LogP contribution in [0.25, 0.3) is 0 Å². The van der Waals surface area contributed by atoms with Gasteiger partial charge in [-0.15, -0.1) is 0 Å². The average molecular weight is 242 g/mol. The summed E-state index contributed by atoms with van der Waals surface area (Å²) in [6.07, 6.45) is 2.14. The van der Waals surface area contributed by atoms with Crippen LogP contribution in [0.3, 0.4) is 0 Å². The molecule has 0 radical (unpaired) electrons. The molecule has 4 heteroatoms. The fourth-order valence-corrected chi connectivity index (χ4v) is 1.59. The molecule has 0 amide bonds. The lowest BCUT2D eigenvalue weighted by atomic mass is 10.2. The van der Waals surface area contributed by atoms with Crippen molar-refractivity contribution in [2.45, 2.75) is 19.4 Å². The van der Waals surface area contributed by atoms with Crippen molar-refractivity contribution >= 4 is 0 Å². The van der Waals surface area contributed by atoms with E-state index in [-0.39, 0.29) is 0 Å². The minimum absolute atomic E-state index is 0.381. The van der Waals surface area contributed by atoms with Crippen LogP contribution in [0.5, 0.6) is 0 Å². The van der Waals surface area contributed by atoms with Gasteiger partial charge in [0, 0.05) is 12.1 Å². The number of hydrogen-bond donors (Lipinski definition) is 1. The van der Waals surface area contributed by atoms with E-state index in [1.807, 2.05) is 14.1 Å². The summed E-state index contributed by atoms with van der Waals surface area (Å²) in [6.45, 7) is 2.26. The Balaban J connectivity index is 2.20. The predicted molar refractivity (Wildman–Crippen MR) is 65.9 cm³/mol. The third-order valence-electron chi connectivity index (χ3n) is 2.56. The van der Waals surface area contributed by atoms with Gasteiger partial charge in [0.2, 0.25) is 0 Å². The molecule has 1 N–H and O–H groups in total. The molecule has 17 heavy (non-hydrogen) atoms. The molecule has 0 aliphatic rings. The maximum absolute atomic E-state index is 13.3. The molecule has 0 aliphatic carbocycles. The van der Waals surface area contributed by atoms with E-state index in [0.717, 1.165) is 32.0 Å². The molecule has 2 nitrogen and oxygen atoms in total. The molecule has 0 unspecified atom stereocenters. The van der Waals surface area contributed by atoms with Gasteiger partial charge in [0.25, 0.3) is 0 Å². The van der Waals surface area contributed by atoms with Gasteiger partial charge in [0.1, 0.15) is 0 Å². The van der Waals surface area contributed by atoms with E-state index in [0.29, 0.717) is 12.1 Å². The molecule has 0 saturated heterocycles. The topological polar surface area (TPSA) is 15.3 Å². The van der Waals surface area contributed by atoms with Gasteiger partial charge in [-0.05, 0) is 46.1 Å². The molecule has 0 aliphatic heterocycles. The Kier molecular flexibility index (Phi) is 6.08. The van der Waals surface area contributed by atoms with Gasteiger partial charge in [0.15, 0.2) is 11.6 Å². The maximum Gasteiger partial charge on any atom is 0.163 e. The first-order valence-corrected chi connectivity index (χ1v) is 5.89. The lowest BCUT2D eigenvalue weighted by Gasteiger charge is -2.09. The molecule has 1 aromatic carbocycles. The monoisotopic (exact) mass is 242 g/mol. The summed E-state index contributed by atoms with van der Waals surface area (Å²) in [6, 6.07) is 4.27. The molecule has 1 aromatic rings. The minimum Gasteiger partial charge on any atom is -0.313 e. The van der Waals surface area contributed by atoms with E-state index >= 15 is 0 Å². The van der Waals surface area contributed by atoms with Gasteiger partial charge in [0.05, 0.1) is 0 Å². The van der Waals surface area contributed by atoms with Crippen molar-refractivity contribution in [2.75, 3.05) is 27.2 Å². The summed E-state index contributed by atoms with van der Waals surface area (Å²) in [4.78, 5) is 2.13. The van der Waals surface area contributed by atoms with Gasteiger partial charge in [-0.3, -0.25) is 0 Å². The van der Waals surface area contributed by atoms with Gasteiger partial charge in [-0.1, -0.05) is 12.1 Å². The SMILES string of the molecule is CN(C)CCCCNCc1cccc(F)c1F. The highest BCUT2D eigenvalue weighted by molar-refractivity contribution is 5.18. The Labute approximate surface area is 102 Å². The zero-order valence-corrected chi connectivity index (χ0v) is 10.5. The van der Waals surface area contributed by atoms with Crippen LogP contribution in [0, 0.1) is 11.6 Å². The summed E-state index contributed by atoms with van der Waals surface area (Å²) in [7, 11) is 4.07. The Bertz CT molecular complexity index is 340. The molecule has 0 aromatic heterocycles. The van der Waals surface area contributed by atoms with E-state index in [1.54, 1.807) is 6.07 Å². The molecule has 1 rings (SSSR count). The van der Waals surface area contributed by atoms with Crippen LogP contribution in [0.2, 0.25) is 0 Å². The lowest BCUT2D eigenvalue weighted by molar-refractivity contribution is 0.391. The summed E-state index contributed by atoms with van der Waals surface area (Å²) in [5.41, 5.74) is 0.387. The third kappa shape index (κ3) is 5.24. The molecule has 0 spiro atoms. The van der Waals surface area contributed by atoms with Gasteiger partial charge >= 0.3 is 0 Å². The molecular formula is C13H20F2N2. The standard InChI is InChI=1S/C13H20F2N2/c1-17(2)9-4-3-8-16-10-11-6-5-7-12(14)13(11)15/h5-7,16H,3-4,8-10H2,1-2H3. The number of unbranched alkanes of at least 4 members (excludes halogenated alkanes) is 1. The van der Waals surface area contributed by atoms with Gasteiger partial charge < -0.3 is 10.2 Å². The first-order valence-electron chi connectivity index (χ1n) is 5.89. The first-order chi connectivity index (χ1) is 8.11. The highest BCUT2D eigenvalue weighted by atomic mass is 19.2. The highest BCUT2D eigenvalue weighted by Gasteiger charge is 2.06. The molecule has 0 heterocycles. The molecule has 0 atom stereocenters. The Morgan fingerprint density at radius 3 is 2.65 bits per heavy atom. The minimum atomic E-state index is -0.781. The number of hydrogen-bond acceptors (Lipinski definition) is 2. The van der Waals surface area contributed by atoms with Crippen molar-refractivity contribution < 1.29 is 8.78 Å². The Morgan fingerprint density at radius 1 is 1.18 bits per heavy atom. The van der Waals surface area contributed by atoms with E-state index in [1.165, 1.54) is 6.07 Å². The molecule has 0 fully saturated rings. The van der Waals surface area contributed by atoms with Crippen molar-refractivity contribution in [1.29, 1.82) is 0 Å². The Hall–Kier alpha value is -1.00. The van der Waals surface area contributed by atoms with Gasteiger partial charge in [-0.25, -0.2) is 8.78 Å². The second kappa shape index (κ2) is 7.35. The second-order valence-electron chi connectivity index (χ2n) is 4.40. The summed E-state index contributed by atoms with van der Waals surface area (Å²) in [5, 5.41) is 3.12. The third-order valence-corrected chi connectivity index (χ3v) is 2.56. The van der Waals surface area contributed by atoms with Crippen LogP contribution < -0.4 is 5.32 Å². The average Bonchev–Trinajstić information content (AvgIpc) is 2.28. The molecule has 96 valence electrons. The molecule has 0 bridgehead atoms. The van der Waals surface area contributed by atoms with Crippen LogP contribution in [0.1, 0.15) is 18.4 Å². The first kappa shape index (κ1) is 14.1. The summed E-state index contributed by atoms with van der Waals surface area (Å²) >= 11 is 0. The van der Waals surface area contributed by atoms with Crippen molar-refractivity contribution in [2.24, 2.45) is 0 Å². The van der Waals surface area contributed by atoms with E-state index in [9.17, 15) is 8.78 Å². The van der Waals surface area contributed by atoms with E-state index < -0.39 is 11.6 Å².